The largest absolute Gasteiger partial charge is 0.316 e. The van der Waals surface area contributed by atoms with Gasteiger partial charge in [-0.05, 0) is 26.0 Å². The Kier molecular flexibility index (Phi) is 3.25. The maximum absolute atomic E-state index is 13.9. The van der Waals surface area contributed by atoms with Gasteiger partial charge in [0.25, 0.3) is 5.56 Å². The quantitative estimate of drug-likeness (QED) is 0.736. The lowest BCUT2D eigenvalue weighted by molar-refractivity contribution is 0.535. The molecule has 1 atom stereocenters. The predicted molar refractivity (Wildman–Crippen MR) is 75.5 cm³/mol. The molecule has 0 spiro atoms. The first-order chi connectivity index (χ1) is 10.1. The SMILES string of the molecule is CCn1cnnc1[C@H](C)n1cnc2cccc(F)c2c1=O. The maximum Gasteiger partial charge on any atom is 0.264 e. The van der Waals surface area contributed by atoms with Gasteiger partial charge in [-0.2, -0.15) is 0 Å². The Morgan fingerprint density at radius 1 is 1.33 bits per heavy atom. The van der Waals surface area contributed by atoms with Gasteiger partial charge in [0.15, 0.2) is 5.82 Å². The van der Waals surface area contributed by atoms with E-state index >= 15 is 0 Å². The predicted octanol–water partition coefficient (Wildman–Crippen LogP) is 1.76. The minimum Gasteiger partial charge on any atom is -0.316 e. The van der Waals surface area contributed by atoms with Crippen molar-refractivity contribution in [1.29, 1.82) is 0 Å². The molecule has 108 valence electrons. The summed E-state index contributed by atoms with van der Waals surface area (Å²) in [5, 5.41) is 7.89. The molecule has 0 saturated heterocycles. The van der Waals surface area contributed by atoms with Crippen LogP contribution in [-0.4, -0.2) is 24.3 Å². The van der Waals surface area contributed by atoms with Crippen LogP contribution in [0.2, 0.25) is 0 Å². The van der Waals surface area contributed by atoms with Crippen LogP contribution in [0, 0.1) is 5.82 Å². The first-order valence-corrected chi connectivity index (χ1v) is 6.66. The van der Waals surface area contributed by atoms with Gasteiger partial charge in [-0.1, -0.05) is 6.07 Å². The van der Waals surface area contributed by atoms with Crippen LogP contribution in [0.25, 0.3) is 10.9 Å². The fourth-order valence-corrected chi connectivity index (χ4v) is 2.37. The van der Waals surface area contributed by atoms with Crippen molar-refractivity contribution in [3.8, 4) is 0 Å². The Labute approximate surface area is 119 Å². The lowest BCUT2D eigenvalue weighted by atomic mass is 10.2. The molecule has 6 nitrogen and oxygen atoms in total. The summed E-state index contributed by atoms with van der Waals surface area (Å²) >= 11 is 0. The van der Waals surface area contributed by atoms with Crippen LogP contribution in [0.15, 0.2) is 35.6 Å². The van der Waals surface area contributed by atoms with Crippen molar-refractivity contribution in [3.05, 3.63) is 52.8 Å². The number of fused-ring (bicyclic) bond motifs is 1. The molecule has 0 amide bonds. The van der Waals surface area contributed by atoms with Crippen molar-refractivity contribution >= 4 is 10.9 Å². The van der Waals surface area contributed by atoms with Gasteiger partial charge in [-0.25, -0.2) is 9.37 Å². The van der Waals surface area contributed by atoms with Crippen molar-refractivity contribution in [1.82, 2.24) is 24.3 Å². The second-order valence-corrected chi connectivity index (χ2v) is 4.74. The molecule has 0 saturated carbocycles. The van der Waals surface area contributed by atoms with Crippen molar-refractivity contribution in [3.63, 3.8) is 0 Å². The van der Waals surface area contributed by atoms with Crippen LogP contribution in [-0.2, 0) is 6.54 Å². The van der Waals surface area contributed by atoms with Crippen LogP contribution >= 0.6 is 0 Å². The lowest BCUT2D eigenvalue weighted by Crippen LogP contribution is -2.26. The van der Waals surface area contributed by atoms with E-state index in [9.17, 15) is 9.18 Å². The normalized spacial score (nSPS) is 12.7. The number of aromatic nitrogens is 5. The molecule has 21 heavy (non-hydrogen) atoms. The van der Waals surface area contributed by atoms with E-state index in [0.29, 0.717) is 17.9 Å². The average molecular weight is 287 g/mol. The summed E-state index contributed by atoms with van der Waals surface area (Å²) in [5.74, 6) is 0.0700. The van der Waals surface area contributed by atoms with Crippen molar-refractivity contribution in [2.75, 3.05) is 0 Å². The number of nitrogens with zero attached hydrogens (tertiary/aromatic N) is 5. The van der Waals surface area contributed by atoms with Crippen molar-refractivity contribution in [2.45, 2.75) is 26.4 Å². The molecule has 3 aromatic rings. The molecule has 0 radical (unpaired) electrons. The van der Waals surface area contributed by atoms with E-state index < -0.39 is 11.4 Å². The van der Waals surface area contributed by atoms with E-state index in [1.165, 1.54) is 23.0 Å². The summed E-state index contributed by atoms with van der Waals surface area (Å²) < 4.78 is 17.1. The molecule has 0 unspecified atom stereocenters. The third kappa shape index (κ3) is 2.10. The van der Waals surface area contributed by atoms with Crippen molar-refractivity contribution in [2.24, 2.45) is 0 Å². The average Bonchev–Trinajstić information content (AvgIpc) is 2.95. The maximum atomic E-state index is 13.9. The van der Waals surface area contributed by atoms with Crippen LogP contribution in [0.5, 0.6) is 0 Å². The fraction of sp³-hybridized carbons (Fsp3) is 0.286. The molecule has 0 N–H and O–H groups in total. The van der Waals surface area contributed by atoms with Gasteiger partial charge >= 0.3 is 0 Å². The molecule has 0 aliphatic rings. The third-order valence-electron chi connectivity index (χ3n) is 3.54. The van der Waals surface area contributed by atoms with Gasteiger partial charge in [0.05, 0.1) is 17.9 Å². The van der Waals surface area contributed by atoms with E-state index in [1.54, 1.807) is 12.4 Å². The summed E-state index contributed by atoms with van der Waals surface area (Å²) in [5.41, 5.74) is -0.0725. The summed E-state index contributed by atoms with van der Waals surface area (Å²) in [6, 6.07) is 4.03. The molecule has 0 aliphatic carbocycles. The Balaban J connectivity index is 2.19. The molecule has 7 heteroatoms. The number of hydrogen-bond donors (Lipinski definition) is 0. The molecular formula is C14H14FN5O. The topological polar surface area (TPSA) is 65.6 Å². The van der Waals surface area contributed by atoms with E-state index in [1.807, 2.05) is 18.4 Å². The zero-order valence-electron chi connectivity index (χ0n) is 11.7. The first-order valence-electron chi connectivity index (χ1n) is 6.66. The van der Waals surface area contributed by atoms with E-state index in [2.05, 4.69) is 15.2 Å². The van der Waals surface area contributed by atoms with Crippen LogP contribution in [0.1, 0.15) is 25.7 Å². The fourth-order valence-electron chi connectivity index (χ4n) is 2.37. The minimum atomic E-state index is -0.566. The zero-order valence-corrected chi connectivity index (χ0v) is 11.7. The highest BCUT2D eigenvalue weighted by Crippen LogP contribution is 2.16. The van der Waals surface area contributed by atoms with Crippen LogP contribution in [0.3, 0.4) is 0 Å². The monoisotopic (exact) mass is 287 g/mol. The molecular weight excluding hydrogens is 273 g/mol. The summed E-state index contributed by atoms with van der Waals surface area (Å²) in [7, 11) is 0. The zero-order chi connectivity index (χ0) is 15.0. The summed E-state index contributed by atoms with van der Waals surface area (Å²) in [6.07, 6.45) is 3.02. The molecule has 3 rings (SSSR count). The van der Waals surface area contributed by atoms with Gasteiger partial charge in [0.2, 0.25) is 0 Å². The summed E-state index contributed by atoms with van der Waals surface area (Å²) in [6.45, 7) is 4.46. The number of rotatable bonds is 3. The smallest absolute Gasteiger partial charge is 0.264 e. The van der Waals surface area contributed by atoms with Gasteiger partial charge in [-0.3, -0.25) is 9.36 Å². The second-order valence-electron chi connectivity index (χ2n) is 4.74. The standard InChI is InChI=1S/C14H14FN5O/c1-3-19-8-17-18-13(19)9(2)20-7-16-11-6-4-5-10(15)12(11)14(20)21/h4-9H,3H2,1-2H3/t9-/m0/s1. The highest BCUT2D eigenvalue weighted by molar-refractivity contribution is 5.77. The Morgan fingerprint density at radius 2 is 2.14 bits per heavy atom. The van der Waals surface area contributed by atoms with Crippen LogP contribution < -0.4 is 5.56 Å². The van der Waals surface area contributed by atoms with Crippen molar-refractivity contribution < 1.29 is 4.39 Å². The molecule has 0 aliphatic heterocycles. The van der Waals surface area contributed by atoms with Gasteiger partial charge in [0.1, 0.15) is 17.5 Å². The molecule has 2 aromatic heterocycles. The van der Waals surface area contributed by atoms with Gasteiger partial charge in [-0.15, -0.1) is 10.2 Å². The molecule has 2 heterocycles. The molecule has 0 fully saturated rings. The van der Waals surface area contributed by atoms with Crippen LogP contribution in [0.4, 0.5) is 4.39 Å². The molecule has 0 bridgehead atoms. The minimum absolute atomic E-state index is 0.00517. The molecule has 1 aromatic carbocycles. The Morgan fingerprint density at radius 3 is 2.90 bits per heavy atom. The number of aryl methyl sites for hydroxylation is 1. The second kappa shape index (κ2) is 5.08. The first kappa shape index (κ1) is 13.4. The van der Waals surface area contributed by atoms with Gasteiger partial charge in [0, 0.05) is 6.54 Å². The van der Waals surface area contributed by atoms with E-state index in [4.69, 9.17) is 0 Å². The number of hydrogen-bond acceptors (Lipinski definition) is 4. The lowest BCUT2D eigenvalue weighted by Gasteiger charge is -2.15. The highest BCUT2D eigenvalue weighted by atomic mass is 19.1. The highest BCUT2D eigenvalue weighted by Gasteiger charge is 2.18. The van der Waals surface area contributed by atoms with E-state index in [-0.39, 0.29) is 11.4 Å². The number of halogens is 1. The van der Waals surface area contributed by atoms with E-state index in [0.717, 1.165) is 0 Å². The Hall–Kier alpha value is -2.57. The third-order valence-corrected chi connectivity index (χ3v) is 3.54. The Bertz CT molecular complexity index is 854. The van der Waals surface area contributed by atoms with Gasteiger partial charge < -0.3 is 4.57 Å². The summed E-state index contributed by atoms with van der Waals surface area (Å²) in [4.78, 5) is 16.7. The number of benzene rings is 1.